The molecule has 92 valence electrons. The molecule has 1 aliphatic rings. The van der Waals surface area contributed by atoms with Gasteiger partial charge in [0.2, 0.25) is 0 Å². The first kappa shape index (κ1) is 12.7. The summed E-state index contributed by atoms with van der Waals surface area (Å²) in [6.45, 7) is 2.14. The van der Waals surface area contributed by atoms with Crippen LogP contribution in [0.15, 0.2) is 0 Å². The summed E-state index contributed by atoms with van der Waals surface area (Å²) in [6.07, 6.45) is -0.895. The molecule has 3 atom stereocenters. The number of nitrogens with one attached hydrogen (secondary N) is 2. The summed E-state index contributed by atoms with van der Waals surface area (Å²) in [6, 6.07) is -0.565. The van der Waals surface area contributed by atoms with E-state index >= 15 is 0 Å². The maximum Gasteiger partial charge on any atom is 0.334 e. The van der Waals surface area contributed by atoms with Gasteiger partial charge < -0.3 is 25.6 Å². The number of aliphatic hydroxyl groups excluding tert-OH is 1. The van der Waals surface area contributed by atoms with Gasteiger partial charge in [0.15, 0.2) is 6.10 Å². The summed E-state index contributed by atoms with van der Waals surface area (Å²) in [7, 11) is 0. The normalized spacial score (nSPS) is 26.1. The number of carboxylic acids is 1. The minimum absolute atomic E-state index is 0.0462. The van der Waals surface area contributed by atoms with Crippen molar-refractivity contribution in [3.8, 4) is 0 Å². The van der Waals surface area contributed by atoms with E-state index in [0.717, 1.165) is 6.42 Å². The number of hydrogen-bond acceptors (Lipinski definition) is 4. The zero-order chi connectivity index (χ0) is 12.1. The zero-order valence-electron chi connectivity index (χ0n) is 8.97. The molecule has 1 saturated heterocycles. The fourth-order valence-corrected chi connectivity index (χ4v) is 1.42. The molecule has 1 aliphatic heterocycles. The predicted octanol–water partition coefficient (Wildman–Crippen LogP) is -1.09. The monoisotopic (exact) mass is 232 g/mol. The smallest absolute Gasteiger partial charge is 0.334 e. The van der Waals surface area contributed by atoms with Crippen LogP contribution in [0.4, 0.5) is 4.79 Å². The van der Waals surface area contributed by atoms with E-state index in [1.807, 2.05) is 6.92 Å². The predicted molar refractivity (Wildman–Crippen MR) is 54.0 cm³/mol. The molecule has 3 unspecified atom stereocenters. The summed E-state index contributed by atoms with van der Waals surface area (Å²) in [5, 5.41) is 22.2. The average molecular weight is 232 g/mol. The van der Waals surface area contributed by atoms with Crippen LogP contribution in [0.2, 0.25) is 0 Å². The first-order valence-corrected chi connectivity index (χ1v) is 5.07. The minimum atomic E-state index is -1.58. The van der Waals surface area contributed by atoms with Gasteiger partial charge in [-0.1, -0.05) is 0 Å². The van der Waals surface area contributed by atoms with Crippen LogP contribution in [-0.4, -0.2) is 53.6 Å². The Kier molecular flexibility index (Phi) is 4.51. The van der Waals surface area contributed by atoms with Gasteiger partial charge >= 0.3 is 12.0 Å². The van der Waals surface area contributed by atoms with Crippen LogP contribution < -0.4 is 10.6 Å². The quantitative estimate of drug-likeness (QED) is 0.492. The third-order valence-electron chi connectivity index (χ3n) is 2.43. The maximum absolute atomic E-state index is 11.3. The summed E-state index contributed by atoms with van der Waals surface area (Å²) in [4.78, 5) is 21.6. The Bertz CT molecular complexity index is 271. The minimum Gasteiger partial charge on any atom is -0.479 e. The third-order valence-corrected chi connectivity index (χ3v) is 2.43. The largest absolute Gasteiger partial charge is 0.479 e. The molecule has 7 nitrogen and oxygen atoms in total. The number of rotatable bonds is 4. The van der Waals surface area contributed by atoms with Gasteiger partial charge in [0.25, 0.3) is 0 Å². The number of carbonyl (C=O) groups excluding carboxylic acids is 1. The van der Waals surface area contributed by atoms with Gasteiger partial charge in [-0.05, 0) is 13.3 Å². The van der Waals surface area contributed by atoms with Crippen molar-refractivity contribution >= 4 is 12.0 Å². The highest BCUT2D eigenvalue weighted by Gasteiger charge is 2.25. The van der Waals surface area contributed by atoms with Gasteiger partial charge in [-0.25, -0.2) is 9.59 Å². The van der Waals surface area contributed by atoms with Crippen molar-refractivity contribution in [3.63, 3.8) is 0 Å². The molecule has 7 heteroatoms. The molecule has 1 rings (SSSR count). The van der Waals surface area contributed by atoms with Gasteiger partial charge in [0.05, 0.1) is 18.7 Å². The lowest BCUT2D eigenvalue weighted by Gasteiger charge is -2.16. The summed E-state index contributed by atoms with van der Waals surface area (Å²) >= 11 is 0. The van der Waals surface area contributed by atoms with Crippen molar-refractivity contribution in [1.29, 1.82) is 0 Å². The Hall–Kier alpha value is -1.34. The highest BCUT2D eigenvalue weighted by Crippen LogP contribution is 2.11. The third kappa shape index (κ3) is 3.67. The molecule has 16 heavy (non-hydrogen) atoms. The second-order valence-electron chi connectivity index (χ2n) is 3.68. The van der Waals surface area contributed by atoms with Crippen LogP contribution in [0.5, 0.6) is 0 Å². The SMILES string of the molecule is CC1OCCC1NC(=O)NCC(O)C(=O)O. The van der Waals surface area contributed by atoms with Crippen LogP contribution in [0.25, 0.3) is 0 Å². The Morgan fingerprint density at radius 2 is 2.25 bits per heavy atom. The Morgan fingerprint density at radius 1 is 1.56 bits per heavy atom. The van der Waals surface area contributed by atoms with E-state index in [4.69, 9.17) is 14.9 Å². The molecule has 0 aromatic carbocycles. The average Bonchev–Trinajstić information content (AvgIpc) is 2.60. The van der Waals surface area contributed by atoms with Gasteiger partial charge in [-0.15, -0.1) is 0 Å². The van der Waals surface area contributed by atoms with Crippen molar-refractivity contribution < 1.29 is 24.5 Å². The highest BCUT2D eigenvalue weighted by atomic mass is 16.5. The van der Waals surface area contributed by atoms with Gasteiger partial charge in [-0.3, -0.25) is 0 Å². The molecule has 0 aromatic rings. The van der Waals surface area contributed by atoms with Crippen LogP contribution in [-0.2, 0) is 9.53 Å². The van der Waals surface area contributed by atoms with Gasteiger partial charge in [0, 0.05) is 6.61 Å². The molecular formula is C9H16N2O5. The van der Waals surface area contributed by atoms with E-state index in [9.17, 15) is 9.59 Å². The number of hydrogen-bond donors (Lipinski definition) is 4. The van der Waals surface area contributed by atoms with E-state index < -0.39 is 18.1 Å². The Balaban J connectivity index is 2.23. The van der Waals surface area contributed by atoms with Gasteiger partial charge in [0.1, 0.15) is 0 Å². The number of aliphatic hydroxyl groups is 1. The van der Waals surface area contributed by atoms with Crippen molar-refractivity contribution in [2.45, 2.75) is 31.6 Å². The number of carboxylic acid groups (broad SMARTS) is 1. The molecule has 0 spiro atoms. The van der Waals surface area contributed by atoms with E-state index in [1.54, 1.807) is 0 Å². The number of aliphatic carboxylic acids is 1. The second-order valence-corrected chi connectivity index (χ2v) is 3.68. The number of urea groups is 1. The van der Waals surface area contributed by atoms with Crippen LogP contribution in [0.1, 0.15) is 13.3 Å². The van der Waals surface area contributed by atoms with Crippen LogP contribution >= 0.6 is 0 Å². The lowest BCUT2D eigenvalue weighted by molar-refractivity contribution is -0.146. The van der Waals surface area contributed by atoms with Crippen molar-refractivity contribution in [3.05, 3.63) is 0 Å². The molecule has 0 saturated carbocycles. The Labute approximate surface area is 92.8 Å². The fraction of sp³-hybridized carbons (Fsp3) is 0.778. The van der Waals surface area contributed by atoms with Crippen LogP contribution in [0, 0.1) is 0 Å². The highest BCUT2D eigenvalue weighted by molar-refractivity contribution is 5.76. The van der Waals surface area contributed by atoms with Crippen LogP contribution in [0.3, 0.4) is 0 Å². The van der Waals surface area contributed by atoms with E-state index in [0.29, 0.717) is 6.61 Å². The van der Waals surface area contributed by atoms with Crippen molar-refractivity contribution in [2.75, 3.05) is 13.2 Å². The molecule has 4 N–H and O–H groups in total. The van der Waals surface area contributed by atoms with E-state index in [1.165, 1.54) is 0 Å². The molecule has 0 radical (unpaired) electrons. The van der Waals surface area contributed by atoms with Gasteiger partial charge in [-0.2, -0.15) is 0 Å². The summed E-state index contributed by atoms with van der Waals surface area (Å²) in [5.41, 5.74) is 0. The lowest BCUT2D eigenvalue weighted by Crippen LogP contribution is -2.47. The number of carbonyl (C=O) groups is 2. The second kappa shape index (κ2) is 5.66. The fourth-order valence-electron chi connectivity index (χ4n) is 1.42. The van der Waals surface area contributed by atoms with E-state index in [2.05, 4.69) is 10.6 Å². The summed E-state index contributed by atoms with van der Waals surface area (Å²) < 4.78 is 5.24. The zero-order valence-corrected chi connectivity index (χ0v) is 8.97. The first-order chi connectivity index (χ1) is 7.50. The maximum atomic E-state index is 11.3. The molecule has 1 fully saturated rings. The van der Waals surface area contributed by atoms with E-state index in [-0.39, 0.29) is 18.7 Å². The standard InChI is InChI=1S/C9H16N2O5/c1-5-6(2-3-16-5)11-9(15)10-4-7(12)8(13)14/h5-7,12H,2-4H2,1H3,(H,13,14)(H2,10,11,15). The Morgan fingerprint density at radius 3 is 2.75 bits per heavy atom. The number of ether oxygens (including phenoxy) is 1. The number of amides is 2. The molecule has 0 bridgehead atoms. The molecule has 2 amide bonds. The lowest BCUT2D eigenvalue weighted by atomic mass is 10.2. The molecule has 0 aromatic heterocycles. The van der Waals surface area contributed by atoms with Crippen molar-refractivity contribution in [1.82, 2.24) is 10.6 Å². The summed E-state index contributed by atoms with van der Waals surface area (Å²) in [5.74, 6) is -1.36. The molecule has 1 heterocycles. The molecular weight excluding hydrogens is 216 g/mol. The molecule has 0 aliphatic carbocycles. The topological polar surface area (TPSA) is 108 Å². The van der Waals surface area contributed by atoms with Crippen molar-refractivity contribution in [2.24, 2.45) is 0 Å². The first-order valence-electron chi connectivity index (χ1n) is 5.07.